The number of phenolic OH excluding ortho intramolecular Hbond substituents is 1. The summed E-state index contributed by atoms with van der Waals surface area (Å²) in [5.74, 6) is -0.112. The quantitative estimate of drug-likeness (QED) is 0.773. The highest BCUT2D eigenvalue weighted by Gasteiger charge is 2.09. The fourth-order valence-electron chi connectivity index (χ4n) is 1.42. The summed E-state index contributed by atoms with van der Waals surface area (Å²) in [7, 11) is 0. The number of rotatable bonds is 1. The molecule has 0 aliphatic rings. The van der Waals surface area contributed by atoms with Gasteiger partial charge in [0.05, 0.1) is 10.0 Å². The normalized spacial score (nSPS) is 10.4. The Morgan fingerprint density at radius 3 is 1.94 bits per heavy atom. The van der Waals surface area contributed by atoms with Crippen molar-refractivity contribution >= 4 is 34.8 Å². The van der Waals surface area contributed by atoms with Crippen LogP contribution in [0.25, 0.3) is 11.1 Å². The van der Waals surface area contributed by atoms with Gasteiger partial charge in [0.25, 0.3) is 0 Å². The molecule has 0 atom stereocenters. The fraction of sp³-hybridized carbons (Fsp3) is 0. The summed E-state index contributed by atoms with van der Waals surface area (Å²) in [6.45, 7) is 0. The molecule has 0 radical (unpaired) electrons. The van der Waals surface area contributed by atoms with Crippen molar-refractivity contribution in [1.29, 1.82) is 0 Å². The molecule has 2 aromatic rings. The Kier molecular flexibility index (Phi) is 3.29. The molecular weight excluding hydrogens is 266 g/mol. The zero-order valence-electron chi connectivity index (χ0n) is 8.05. The van der Waals surface area contributed by atoms with Crippen molar-refractivity contribution < 1.29 is 5.11 Å². The van der Waals surface area contributed by atoms with Crippen LogP contribution in [0.1, 0.15) is 0 Å². The fourth-order valence-corrected chi connectivity index (χ4v) is 2.15. The van der Waals surface area contributed by atoms with E-state index in [9.17, 15) is 5.11 Å². The minimum Gasteiger partial charge on any atom is -0.505 e. The maximum absolute atomic E-state index is 9.45. The molecule has 0 saturated carbocycles. The van der Waals surface area contributed by atoms with E-state index in [4.69, 9.17) is 34.8 Å². The highest BCUT2D eigenvalue weighted by molar-refractivity contribution is 6.38. The Morgan fingerprint density at radius 1 is 0.812 bits per heavy atom. The highest BCUT2D eigenvalue weighted by Crippen LogP contribution is 2.38. The molecule has 4 heteroatoms. The standard InChI is InChI=1S/C12H7Cl3O/c13-9-4-2-1-3-8(9)7-5-10(14)12(16)11(15)6-7/h1-6,16H. The van der Waals surface area contributed by atoms with Gasteiger partial charge in [0.1, 0.15) is 0 Å². The maximum atomic E-state index is 9.45. The molecule has 0 fully saturated rings. The molecule has 0 saturated heterocycles. The van der Waals surface area contributed by atoms with Crippen LogP contribution in [0.3, 0.4) is 0 Å². The molecule has 0 aromatic heterocycles. The topological polar surface area (TPSA) is 20.2 Å². The number of hydrogen-bond acceptors (Lipinski definition) is 1. The molecule has 0 amide bonds. The van der Waals surface area contributed by atoms with E-state index in [0.29, 0.717) is 5.02 Å². The number of aromatic hydroxyl groups is 1. The predicted molar refractivity (Wildman–Crippen MR) is 68.6 cm³/mol. The van der Waals surface area contributed by atoms with Gasteiger partial charge in [-0.25, -0.2) is 0 Å². The molecule has 2 rings (SSSR count). The molecule has 0 aliphatic heterocycles. The van der Waals surface area contributed by atoms with Crippen LogP contribution in [0.4, 0.5) is 0 Å². The van der Waals surface area contributed by atoms with Crippen LogP contribution in [0.15, 0.2) is 36.4 Å². The van der Waals surface area contributed by atoms with Gasteiger partial charge in [-0.3, -0.25) is 0 Å². The van der Waals surface area contributed by atoms with Gasteiger partial charge in [-0.15, -0.1) is 0 Å². The van der Waals surface area contributed by atoms with E-state index in [1.54, 1.807) is 18.2 Å². The van der Waals surface area contributed by atoms with Gasteiger partial charge < -0.3 is 5.11 Å². The molecule has 0 aliphatic carbocycles. The van der Waals surface area contributed by atoms with Gasteiger partial charge in [0, 0.05) is 10.6 Å². The van der Waals surface area contributed by atoms with Crippen molar-refractivity contribution in [2.24, 2.45) is 0 Å². The van der Waals surface area contributed by atoms with E-state index in [1.165, 1.54) is 0 Å². The zero-order valence-corrected chi connectivity index (χ0v) is 10.3. The molecular formula is C12H7Cl3O. The second-order valence-corrected chi connectivity index (χ2v) is 4.49. The maximum Gasteiger partial charge on any atom is 0.152 e. The van der Waals surface area contributed by atoms with Crippen molar-refractivity contribution in [3.05, 3.63) is 51.5 Å². The zero-order chi connectivity index (χ0) is 11.7. The third-order valence-corrected chi connectivity index (χ3v) is 3.11. The largest absolute Gasteiger partial charge is 0.505 e. The van der Waals surface area contributed by atoms with Gasteiger partial charge in [-0.1, -0.05) is 53.0 Å². The Morgan fingerprint density at radius 2 is 1.38 bits per heavy atom. The predicted octanol–water partition coefficient (Wildman–Crippen LogP) is 5.02. The van der Waals surface area contributed by atoms with Gasteiger partial charge in [0.2, 0.25) is 0 Å². The average molecular weight is 274 g/mol. The van der Waals surface area contributed by atoms with Gasteiger partial charge in [0.15, 0.2) is 5.75 Å². The van der Waals surface area contributed by atoms with E-state index < -0.39 is 0 Å². The van der Waals surface area contributed by atoms with Crippen molar-refractivity contribution in [1.82, 2.24) is 0 Å². The van der Waals surface area contributed by atoms with E-state index in [-0.39, 0.29) is 15.8 Å². The second-order valence-electron chi connectivity index (χ2n) is 3.27. The molecule has 0 bridgehead atoms. The molecule has 0 unspecified atom stereocenters. The van der Waals surface area contributed by atoms with E-state index in [1.807, 2.05) is 18.2 Å². The smallest absolute Gasteiger partial charge is 0.152 e. The van der Waals surface area contributed by atoms with E-state index in [2.05, 4.69) is 0 Å². The molecule has 2 aromatic carbocycles. The van der Waals surface area contributed by atoms with Crippen LogP contribution < -0.4 is 0 Å². The van der Waals surface area contributed by atoms with Crippen molar-refractivity contribution in [3.8, 4) is 16.9 Å². The Balaban J connectivity index is 2.62. The van der Waals surface area contributed by atoms with Crippen LogP contribution in [-0.2, 0) is 0 Å². The monoisotopic (exact) mass is 272 g/mol. The Labute approximate surface area is 108 Å². The average Bonchev–Trinajstić information content (AvgIpc) is 2.26. The highest BCUT2D eigenvalue weighted by atomic mass is 35.5. The lowest BCUT2D eigenvalue weighted by atomic mass is 10.1. The third kappa shape index (κ3) is 2.12. The lowest BCUT2D eigenvalue weighted by Crippen LogP contribution is -1.81. The van der Waals surface area contributed by atoms with Gasteiger partial charge in [-0.05, 0) is 23.8 Å². The third-order valence-electron chi connectivity index (χ3n) is 2.20. The number of phenols is 1. The van der Waals surface area contributed by atoms with Crippen molar-refractivity contribution in [2.75, 3.05) is 0 Å². The first-order chi connectivity index (χ1) is 7.59. The summed E-state index contributed by atoms with van der Waals surface area (Å²) >= 11 is 17.7. The number of halogens is 3. The molecule has 16 heavy (non-hydrogen) atoms. The first-order valence-electron chi connectivity index (χ1n) is 4.52. The number of benzene rings is 2. The molecule has 82 valence electrons. The summed E-state index contributed by atoms with van der Waals surface area (Å²) in [5, 5.41) is 10.5. The van der Waals surface area contributed by atoms with Crippen LogP contribution in [-0.4, -0.2) is 5.11 Å². The summed E-state index contributed by atoms with van der Waals surface area (Å²) in [6.07, 6.45) is 0. The number of hydrogen-bond donors (Lipinski definition) is 1. The first kappa shape index (κ1) is 11.6. The molecule has 1 N–H and O–H groups in total. The molecule has 0 spiro atoms. The summed E-state index contributed by atoms with van der Waals surface area (Å²) in [6, 6.07) is 10.6. The molecule has 0 heterocycles. The minimum absolute atomic E-state index is 0.112. The van der Waals surface area contributed by atoms with Crippen molar-refractivity contribution in [3.63, 3.8) is 0 Å². The Bertz CT molecular complexity index is 515. The van der Waals surface area contributed by atoms with Gasteiger partial charge in [-0.2, -0.15) is 0 Å². The minimum atomic E-state index is -0.112. The van der Waals surface area contributed by atoms with Crippen LogP contribution >= 0.6 is 34.8 Å². The summed E-state index contributed by atoms with van der Waals surface area (Å²) < 4.78 is 0. The van der Waals surface area contributed by atoms with Crippen LogP contribution in [0, 0.1) is 0 Å². The second kappa shape index (κ2) is 4.54. The Hall–Kier alpha value is -0.890. The van der Waals surface area contributed by atoms with Crippen molar-refractivity contribution in [2.45, 2.75) is 0 Å². The van der Waals surface area contributed by atoms with Gasteiger partial charge >= 0.3 is 0 Å². The van der Waals surface area contributed by atoms with E-state index >= 15 is 0 Å². The lowest BCUT2D eigenvalue weighted by Gasteiger charge is -2.07. The van der Waals surface area contributed by atoms with Crippen LogP contribution in [0.2, 0.25) is 15.1 Å². The summed E-state index contributed by atoms with van der Waals surface area (Å²) in [4.78, 5) is 0. The first-order valence-corrected chi connectivity index (χ1v) is 5.66. The summed E-state index contributed by atoms with van der Waals surface area (Å²) in [5.41, 5.74) is 1.60. The van der Waals surface area contributed by atoms with Crippen LogP contribution in [0.5, 0.6) is 5.75 Å². The lowest BCUT2D eigenvalue weighted by molar-refractivity contribution is 0.476. The SMILES string of the molecule is Oc1c(Cl)cc(-c2ccccc2Cl)cc1Cl. The molecule has 1 nitrogen and oxygen atoms in total. The van der Waals surface area contributed by atoms with E-state index in [0.717, 1.165) is 11.1 Å².